The Morgan fingerprint density at radius 1 is 0.492 bits per heavy atom. The standard InChI is InChI=1S/C50H92O11/c1-3-5-7-9-11-13-15-17-19-21-23-24-26-28-30-32-34-36-38-43(51)58-40-42(41-59-50-47(55)45(53)46(54)48(61-50)49(56)57)60-44(52)39-37-35-33-31-29-27-25-22-20-18-16-14-12-10-8-6-4-2/h19,21,42,45-48,50,53-55H,3-18,20,22-41H2,1-2H3,(H,56,57)/b21-19-. The topological polar surface area (TPSA) is 169 Å². The van der Waals surface area contributed by atoms with E-state index in [1.54, 1.807) is 0 Å². The lowest BCUT2D eigenvalue weighted by Gasteiger charge is -2.38. The van der Waals surface area contributed by atoms with E-state index < -0.39 is 54.7 Å². The Balaban J connectivity index is 2.30. The maximum atomic E-state index is 12.8. The second kappa shape index (κ2) is 40.7. The average Bonchev–Trinajstić information content (AvgIpc) is 3.24. The van der Waals surface area contributed by atoms with Crippen LogP contribution in [-0.4, -0.2) is 88.4 Å². The number of hydrogen-bond acceptors (Lipinski definition) is 10. The van der Waals surface area contributed by atoms with Crippen molar-refractivity contribution in [2.75, 3.05) is 13.2 Å². The van der Waals surface area contributed by atoms with Crippen LogP contribution in [0.1, 0.15) is 239 Å². The van der Waals surface area contributed by atoms with Gasteiger partial charge in [-0.2, -0.15) is 0 Å². The molecule has 0 amide bonds. The molecule has 1 aliphatic rings. The third-order valence-electron chi connectivity index (χ3n) is 11.9. The second-order valence-corrected chi connectivity index (χ2v) is 17.7. The number of carbonyl (C=O) groups excluding carboxylic acids is 2. The van der Waals surface area contributed by atoms with E-state index in [0.29, 0.717) is 12.8 Å². The minimum absolute atomic E-state index is 0.188. The zero-order valence-electron chi connectivity index (χ0n) is 38.9. The zero-order chi connectivity index (χ0) is 44.6. The maximum Gasteiger partial charge on any atom is 0.335 e. The molecule has 0 saturated carbocycles. The minimum atomic E-state index is -1.86. The Morgan fingerprint density at radius 2 is 0.869 bits per heavy atom. The molecule has 0 aliphatic carbocycles. The molecule has 1 rings (SSSR count). The molecule has 0 spiro atoms. The molecule has 1 aliphatic heterocycles. The molecule has 1 fully saturated rings. The second-order valence-electron chi connectivity index (χ2n) is 17.7. The van der Waals surface area contributed by atoms with Crippen LogP contribution in [0.3, 0.4) is 0 Å². The number of carboxylic acid groups (broad SMARTS) is 1. The quantitative estimate of drug-likeness (QED) is 0.0261. The summed E-state index contributed by atoms with van der Waals surface area (Å²) in [6.07, 6.45) is 35.4. The summed E-state index contributed by atoms with van der Waals surface area (Å²) >= 11 is 0. The van der Waals surface area contributed by atoms with Crippen LogP contribution in [0.2, 0.25) is 0 Å². The SMILES string of the molecule is CCCCCCCCC/C=C\CCCCCCCCCC(=O)OCC(COC1OC(C(=O)O)C(O)C(O)C1O)OC(=O)CCCCCCCCCCCCCCCCCCC. The summed E-state index contributed by atoms with van der Waals surface area (Å²) in [5.41, 5.74) is 0. The van der Waals surface area contributed by atoms with Gasteiger partial charge < -0.3 is 39.4 Å². The first kappa shape index (κ1) is 57.0. The largest absolute Gasteiger partial charge is 0.479 e. The maximum absolute atomic E-state index is 12.8. The number of unbranched alkanes of at least 4 members (excludes halogenated alkanes) is 30. The lowest BCUT2D eigenvalue weighted by Crippen LogP contribution is -2.60. The number of aliphatic hydroxyl groups excluding tert-OH is 3. The fourth-order valence-electron chi connectivity index (χ4n) is 7.88. The lowest BCUT2D eigenvalue weighted by molar-refractivity contribution is -0.298. The molecule has 4 N–H and O–H groups in total. The number of carboxylic acids is 1. The number of hydrogen-bond donors (Lipinski definition) is 4. The Labute approximate surface area is 371 Å². The highest BCUT2D eigenvalue weighted by Crippen LogP contribution is 2.23. The number of aliphatic carboxylic acids is 1. The van der Waals surface area contributed by atoms with Gasteiger partial charge in [-0.05, 0) is 38.5 Å². The Bertz CT molecular complexity index is 1070. The fraction of sp³-hybridized carbons (Fsp3) is 0.900. The highest BCUT2D eigenvalue weighted by Gasteiger charge is 2.47. The molecule has 0 aromatic carbocycles. The summed E-state index contributed by atoms with van der Waals surface area (Å²) in [5, 5.41) is 39.9. The van der Waals surface area contributed by atoms with Crippen LogP contribution in [0.5, 0.6) is 0 Å². The van der Waals surface area contributed by atoms with Gasteiger partial charge in [-0.15, -0.1) is 0 Å². The molecule has 1 heterocycles. The molecule has 0 radical (unpaired) electrons. The molecule has 0 bridgehead atoms. The van der Waals surface area contributed by atoms with Gasteiger partial charge in [0, 0.05) is 12.8 Å². The van der Waals surface area contributed by atoms with Crippen LogP contribution in [0, 0.1) is 0 Å². The van der Waals surface area contributed by atoms with E-state index in [4.69, 9.17) is 18.9 Å². The normalized spacial score (nSPS) is 19.7. The number of allylic oxidation sites excluding steroid dienone is 2. The number of aliphatic hydroxyl groups is 3. The minimum Gasteiger partial charge on any atom is -0.479 e. The Hall–Kier alpha value is -2.05. The van der Waals surface area contributed by atoms with Gasteiger partial charge in [0.1, 0.15) is 24.9 Å². The molecule has 6 atom stereocenters. The van der Waals surface area contributed by atoms with E-state index in [1.807, 2.05) is 0 Å². The van der Waals surface area contributed by atoms with Crippen molar-refractivity contribution in [1.82, 2.24) is 0 Å². The van der Waals surface area contributed by atoms with Gasteiger partial charge in [-0.25, -0.2) is 4.79 Å². The molecule has 61 heavy (non-hydrogen) atoms. The van der Waals surface area contributed by atoms with Gasteiger partial charge in [0.25, 0.3) is 0 Å². The van der Waals surface area contributed by atoms with Crippen LogP contribution in [-0.2, 0) is 33.3 Å². The summed E-state index contributed by atoms with van der Waals surface area (Å²) in [6, 6.07) is 0. The summed E-state index contributed by atoms with van der Waals surface area (Å²) in [4.78, 5) is 36.9. The first-order valence-electron chi connectivity index (χ1n) is 25.2. The third-order valence-corrected chi connectivity index (χ3v) is 11.9. The van der Waals surface area contributed by atoms with Gasteiger partial charge in [0.05, 0.1) is 6.61 Å². The highest BCUT2D eigenvalue weighted by molar-refractivity contribution is 5.73. The van der Waals surface area contributed by atoms with Gasteiger partial charge in [0.15, 0.2) is 18.5 Å². The summed E-state index contributed by atoms with van der Waals surface area (Å²) < 4.78 is 21.8. The number of esters is 2. The van der Waals surface area contributed by atoms with Crippen LogP contribution in [0.15, 0.2) is 12.2 Å². The molecule has 11 nitrogen and oxygen atoms in total. The summed E-state index contributed by atoms with van der Waals surface area (Å²) in [7, 11) is 0. The third kappa shape index (κ3) is 32.3. The van der Waals surface area contributed by atoms with Crippen molar-refractivity contribution in [2.45, 2.75) is 275 Å². The molecule has 0 aromatic rings. The van der Waals surface area contributed by atoms with E-state index in [0.717, 1.165) is 44.9 Å². The van der Waals surface area contributed by atoms with Crippen LogP contribution >= 0.6 is 0 Å². The van der Waals surface area contributed by atoms with E-state index >= 15 is 0 Å². The average molecular weight is 869 g/mol. The lowest BCUT2D eigenvalue weighted by atomic mass is 9.99. The number of rotatable bonds is 43. The molecule has 11 heteroatoms. The predicted molar refractivity (Wildman–Crippen MR) is 243 cm³/mol. The first-order valence-corrected chi connectivity index (χ1v) is 25.2. The van der Waals surface area contributed by atoms with Gasteiger partial charge in [-0.1, -0.05) is 199 Å². The molecular weight excluding hydrogens is 777 g/mol. The predicted octanol–water partition coefficient (Wildman–Crippen LogP) is 11.6. The molecule has 6 unspecified atom stereocenters. The van der Waals surface area contributed by atoms with E-state index in [1.165, 1.54) is 154 Å². The monoisotopic (exact) mass is 869 g/mol. The first-order chi connectivity index (χ1) is 29.7. The molecular formula is C50H92O11. The van der Waals surface area contributed by atoms with Crippen molar-refractivity contribution in [3.63, 3.8) is 0 Å². The van der Waals surface area contributed by atoms with Gasteiger partial charge >= 0.3 is 17.9 Å². The van der Waals surface area contributed by atoms with Crippen molar-refractivity contribution in [2.24, 2.45) is 0 Å². The van der Waals surface area contributed by atoms with Crippen LogP contribution in [0.25, 0.3) is 0 Å². The van der Waals surface area contributed by atoms with Crippen molar-refractivity contribution in [3.05, 3.63) is 12.2 Å². The Kier molecular flexibility index (Phi) is 38.0. The van der Waals surface area contributed by atoms with Gasteiger partial charge in [0.2, 0.25) is 0 Å². The fourth-order valence-corrected chi connectivity index (χ4v) is 7.88. The van der Waals surface area contributed by atoms with Crippen molar-refractivity contribution in [1.29, 1.82) is 0 Å². The van der Waals surface area contributed by atoms with E-state index in [-0.39, 0.29) is 26.1 Å². The molecule has 1 saturated heterocycles. The molecule has 358 valence electrons. The summed E-state index contributed by atoms with van der Waals surface area (Å²) in [6.45, 7) is 3.84. The summed E-state index contributed by atoms with van der Waals surface area (Å²) in [5.74, 6) is -2.43. The Morgan fingerprint density at radius 3 is 1.28 bits per heavy atom. The van der Waals surface area contributed by atoms with E-state index in [9.17, 15) is 34.8 Å². The zero-order valence-corrected chi connectivity index (χ0v) is 38.9. The van der Waals surface area contributed by atoms with Crippen molar-refractivity contribution in [3.8, 4) is 0 Å². The van der Waals surface area contributed by atoms with Crippen LogP contribution < -0.4 is 0 Å². The highest BCUT2D eigenvalue weighted by atomic mass is 16.7. The smallest absolute Gasteiger partial charge is 0.335 e. The van der Waals surface area contributed by atoms with Crippen molar-refractivity contribution >= 4 is 17.9 Å². The molecule has 0 aromatic heterocycles. The van der Waals surface area contributed by atoms with Gasteiger partial charge in [-0.3, -0.25) is 9.59 Å². The van der Waals surface area contributed by atoms with E-state index in [2.05, 4.69) is 26.0 Å². The number of ether oxygens (including phenoxy) is 4. The number of carbonyl (C=O) groups is 3. The van der Waals surface area contributed by atoms with Crippen molar-refractivity contribution < 1.29 is 53.8 Å². The van der Waals surface area contributed by atoms with Crippen LogP contribution in [0.4, 0.5) is 0 Å².